The van der Waals surface area contributed by atoms with Gasteiger partial charge in [0.1, 0.15) is 5.78 Å². The fourth-order valence-electron chi connectivity index (χ4n) is 2.08. The van der Waals surface area contributed by atoms with Crippen molar-refractivity contribution in [3.63, 3.8) is 0 Å². The van der Waals surface area contributed by atoms with Gasteiger partial charge in [0, 0.05) is 31.6 Å². The average Bonchev–Trinajstić information content (AvgIpc) is 2.30. The Bertz CT molecular complexity index is 357. The molecule has 0 unspecified atom stereocenters. The van der Waals surface area contributed by atoms with Crippen LogP contribution in [0.15, 0.2) is 24.3 Å². The van der Waals surface area contributed by atoms with Crippen molar-refractivity contribution >= 4 is 11.5 Å². The minimum atomic E-state index is 0.398. The first kappa shape index (κ1) is 11.2. The average molecular weight is 217 g/mol. The third kappa shape index (κ3) is 2.43. The molecule has 1 saturated heterocycles. The molecule has 0 aromatic heterocycles. The van der Waals surface area contributed by atoms with E-state index in [0.717, 1.165) is 13.1 Å². The summed E-state index contributed by atoms with van der Waals surface area (Å²) in [5.74, 6) is 0.979. The zero-order chi connectivity index (χ0) is 11.5. The van der Waals surface area contributed by atoms with Crippen molar-refractivity contribution in [2.45, 2.75) is 32.6 Å². The number of hydrogen-bond acceptors (Lipinski definition) is 2. The molecule has 1 fully saturated rings. The highest BCUT2D eigenvalue weighted by atomic mass is 16.1. The molecule has 0 atom stereocenters. The van der Waals surface area contributed by atoms with Crippen molar-refractivity contribution in [1.82, 2.24) is 0 Å². The van der Waals surface area contributed by atoms with E-state index in [-0.39, 0.29) is 0 Å². The van der Waals surface area contributed by atoms with E-state index in [2.05, 4.69) is 43.0 Å². The Hall–Kier alpha value is -1.31. The van der Waals surface area contributed by atoms with Gasteiger partial charge in [-0.3, -0.25) is 4.79 Å². The van der Waals surface area contributed by atoms with Gasteiger partial charge in [0.25, 0.3) is 0 Å². The Balaban J connectivity index is 2.07. The maximum Gasteiger partial charge on any atom is 0.136 e. The highest BCUT2D eigenvalue weighted by molar-refractivity contribution is 5.81. The molecule has 1 aliphatic rings. The number of Topliss-reactive ketones (excluding diaryl/α,β-unsaturated/α-hetero) is 1. The van der Waals surface area contributed by atoms with Crippen LogP contribution in [0.1, 0.15) is 38.2 Å². The molecule has 1 aliphatic heterocycles. The van der Waals surface area contributed by atoms with Gasteiger partial charge in [0.15, 0.2) is 0 Å². The number of rotatable bonds is 2. The number of carbonyl (C=O) groups excluding carboxylic acids is 1. The monoisotopic (exact) mass is 217 g/mol. The Labute approximate surface area is 97.3 Å². The van der Waals surface area contributed by atoms with Gasteiger partial charge in [0.05, 0.1) is 0 Å². The van der Waals surface area contributed by atoms with Crippen molar-refractivity contribution < 1.29 is 4.79 Å². The van der Waals surface area contributed by atoms with Gasteiger partial charge >= 0.3 is 0 Å². The van der Waals surface area contributed by atoms with Crippen LogP contribution in [0.25, 0.3) is 0 Å². The Morgan fingerprint density at radius 3 is 2.12 bits per heavy atom. The highest BCUT2D eigenvalue weighted by Crippen LogP contribution is 2.22. The Morgan fingerprint density at radius 2 is 1.62 bits per heavy atom. The highest BCUT2D eigenvalue weighted by Gasteiger charge is 2.16. The van der Waals surface area contributed by atoms with Crippen molar-refractivity contribution in [2.75, 3.05) is 18.0 Å². The maximum atomic E-state index is 11.2. The van der Waals surface area contributed by atoms with Crippen molar-refractivity contribution in [3.05, 3.63) is 29.8 Å². The van der Waals surface area contributed by atoms with Gasteiger partial charge < -0.3 is 4.90 Å². The molecule has 1 aromatic carbocycles. The molecule has 2 heteroatoms. The summed E-state index contributed by atoms with van der Waals surface area (Å²) in [6.45, 7) is 6.16. The first-order valence-electron chi connectivity index (χ1n) is 6.03. The summed E-state index contributed by atoms with van der Waals surface area (Å²) in [6, 6.07) is 8.73. The number of benzene rings is 1. The summed E-state index contributed by atoms with van der Waals surface area (Å²) in [5.41, 5.74) is 2.62. The smallest absolute Gasteiger partial charge is 0.136 e. The summed E-state index contributed by atoms with van der Waals surface area (Å²) in [4.78, 5) is 13.5. The molecule has 1 heterocycles. The summed E-state index contributed by atoms with van der Waals surface area (Å²) in [7, 11) is 0. The van der Waals surface area contributed by atoms with Crippen molar-refractivity contribution in [1.29, 1.82) is 0 Å². The predicted octanol–water partition coefficient (Wildman–Crippen LogP) is 2.98. The molecule has 2 rings (SSSR count). The molecular formula is C14H19NO. The molecule has 0 radical (unpaired) electrons. The molecule has 16 heavy (non-hydrogen) atoms. The number of hydrogen-bond donors (Lipinski definition) is 0. The zero-order valence-electron chi connectivity index (χ0n) is 10.1. The second-order valence-corrected chi connectivity index (χ2v) is 4.77. The predicted molar refractivity (Wildman–Crippen MR) is 67.0 cm³/mol. The Kier molecular flexibility index (Phi) is 3.28. The molecule has 0 amide bonds. The molecule has 2 nitrogen and oxygen atoms in total. The Morgan fingerprint density at radius 1 is 1.06 bits per heavy atom. The summed E-state index contributed by atoms with van der Waals surface area (Å²) in [6.07, 6.45) is 1.40. The van der Waals surface area contributed by atoms with Gasteiger partial charge in [-0.2, -0.15) is 0 Å². The topological polar surface area (TPSA) is 20.3 Å². The molecule has 0 N–H and O–H groups in total. The SMILES string of the molecule is CC(C)c1ccc(N2CCC(=O)CC2)cc1. The van der Waals surface area contributed by atoms with E-state index in [4.69, 9.17) is 0 Å². The minimum Gasteiger partial charge on any atom is -0.371 e. The van der Waals surface area contributed by atoms with Crippen LogP contribution >= 0.6 is 0 Å². The third-order valence-electron chi connectivity index (χ3n) is 3.25. The molecule has 0 bridgehead atoms. The second-order valence-electron chi connectivity index (χ2n) is 4.77. The van der Waals surface area contributed by atoms with Crippen LogP contribution in [0, 0.1) is 0 Å². The first-order valence-corrected chi connectivity index (χ1v) is 6.03. The van der Waals surface area contributed by atoms with Gasteiger partial charge in [0.2, 0.25) is 0 Å². The van der Waals surface area contributed by atoms with Crippen LogP contribution in [0.3, 0.4) is 0 Å². The lowest BCUT2D eigenvalue weighted by molar-refractivity contribution is -0.119. The molecule has 0 aliphatic carbocycles. The van der Waals surface area contributed by atoms with Crippen molar-refractivity contribution in [2.24, 2.45) is 0 Å². The molecule has 0 spiro atoms. The van der Waals surface area contributed by atoms with Crippen molar-refractivity contribution in [3.8, 4) is 0 Å². The number of anilines is 1. The van der Waals surface area contributed by atoms with Crippen LogP contribution in [-0.2, 0) is 4.79 Å². The number of carbonyl (C=O) groups is 1. The quantitative estimate of drug-likeness (QED) is 0.759. The number of ketones is 1. The standard InChI is InChI=1S/C14H19NO/c1-11(2)12-3-5-13(6-4-12)15-9-7-14(16)8-10-15/h3-6,11H,7-10H2,1-2H3. The van der Waals surface area contributed by atoms with Gasteiger partial charge in [-0.25, -0.2) is 0 Å². The largest absolute Gasteiger partial charge is 0.371 e. The molecule has 0 saturated carbocycles. The van der Waals surface area contributed by atoms with Gasteiger partial charge in [-0.1, -0.05) is 26.0 Å². The summed E-state index contributed by atoms with van der Waals surface area (Å²) in [5, 5.41) is 0. The molecular weight excluding hydrogens is 198 g/mol. The van der Waals surface area contributed by atoms with Crippen LogP contribution in [0.5, 0.6) is 0 Å². The van der Waals surface area contributed by atoms with Crippen LogP contribution in [-0.4, -0.2) is 18.9 Å². The maximum absolute atomic E-state index is 11.2. The number of nitrogens with zero attached hydrogens (tertiary/aromatic N) is 1. The van der Waals surface area contributed by atoms with E-state index in [0.29, 0.717) is 24.5 Å². The second kappa shape index (κ2) is 4.69. The normalized spacial score (nSPS) is 16.9. The summed E-state index contributed by atoms with van der Waals surface area (Å²) >= 11 is 0. The van der Waals surface area contributed by atoms with E-state index in [9.17, 15) is 4.79 Å². The minimum absolute atomic E-state index is 0.398. The fraction of sp³-hybridized carbons (Fsp3) is 0.500. The lowest BCUT2D eigenvalue weighted by atomic mass is 10.0. The van der Waals surface area contributed by atoms with Crippen LogP contribution in [0.4, 0.5) is 5.69 Å². The van der Waals surface area contributed by atoms with E-state index in [1.165, 1.54) is 11.3 Å². The van der Waals surface area contributed by atoms with E-state index in [1.807, 2.05) is 0 Å². The molecule has 1 aromatic rings. The van der Waals surface area contributed by atoms with E-state index in [1.54, 1.807) is 0 Å². The lowest BCUT2D eigenvalue weighted by Crippen LogP contribution is -2.33. The summed E-state index contributed by atoms with van der Waals surface area (Å²) < 4.78 is 0. The van der Waals surface area contributed by atoms with Crippen LogP contribution in [0.2, 0.25) is 0 Å². The van der Waals surface area contributed by atoms with E-state index >= 15 is 0 Å². The fourth-order valence-corrected chi connectivity index (χ4v) is 2.08. The first-order chi connectivity index (χ1) is 7.66. The number of piperidine rings is 1. The van der Waals surface area contributed by atoms with Gasteiger partial charge in [-0.05, 0) is 23.6 Å². The third-order valence-corrected chi connectivity index (χ3v) is 3.25. The van der Waals surface area contributed by atoms with Crippen LogP contribution < -0.4 is 4.90 Å². The van der Waals surface area contributed by atoms with Gasteiger partial charge in [-0.15, -0.1) is 0 Å². The van der Waals surface area contributed by atoms with E-state index < -0.39 is 0 Å². The zero-order valence-corrected chi connectivity index (χ0v) is 10.1. The molecule has 86 valence electrons. The lowest BCUT2D eigenvalue weighted by Gasteiger charge is -2.28.